The van der Waals surface area contributed by atoms with Gasteiger partial charge in [-0.2, -0.15) is 10.2 Å². The first kappa shape index (κ1) is 12.7. The topological polar surface area (TPSA) is 31.2 Å². The fourth-order valence-corrected chi connectivity index (χ4v) is 4.39. The van der Waals surface area contributed by atoms with E-state index in [9.17, 15) is 0 Å². The van der Waals surface area contributed by atoms with Crippen LogP contribution in [0.1, 0.15) is 38.5 Å². The molecule has 0 saturated carbocycles. The number of azo groups is 1. The van der Waals surface area contributed by atoms with E-state index in [2.05, 4.69) is 48.2 Å². The number of fused-ring (bicyclic) bond motifs is 4. The summed E-state index contributed by atoms with van der Waals surface area (Å²) in [6.45, 7) is 0. The lowest BCUT2D eigenvalue weighted by molar-refractivity contribution is 0.135. The molecule has 4 heteroatoms. The zero-order valence-electron chi connectivity index (χ0n) is 12.5. The Balaban J connectivity index is 1.65. The third-order valence-electron chi connectivity index (χ3n) is 5.99. The summed E-state index contributed by atoms with van der Waals surface area (Å²) < 4.78 is 0. The minimum absolute atomic E-state index is 0.165. The third kappa shape index (κ3) is 1.61. The van der Waals surface area contributed by atoms with Crippen molar-refractivity contribution >= 4 is 0 Å². The molecule has 4 rings (SSSR count). The summed E-state index contributed by atoms with van der Waals surface area (Å²) in [5, 5.41) is 9.74. The van der Waals surface area contributed by atoms with Gasteiger partial charge in [0.25, 0.3) is 0 Å². The maximum Gasteiger partial charge on any atom is 0.152 e. The molecular weight excluding hydrogens is 248 g/mol. The van der Waals surface area contributed by atoms with E-state index < -0.39 is 0 Å². The minimum Gasteiger partial charge on any atom is -0.274 e. The van der Waals surface area contributed by atoms with Gasteiger partial charge in [-0.05, 0) is 64.8 Å². The van der Waals surface area contributed by atoms with Crippen molar-refractivity contribution in [3.63, 3.8) is 0 Å². The van der Waals surface area contributed by atoms with Gasteiger partial charge in [0.1, 0.15) is 0 Å². The standard InChI is InChI=1S/C16H24N4/c1-19-13-5-3-9-15(19,11-7-13)17-18-16-10-4-6-14(8-12-16)20(16)2/h3-4,9-10,13-14H,5-8,11-12H2,1-2H3/t13-,14-,15+,16+/m1/s1. The Bertz CT molecular complexity index is 453. The van der Waals surface area contributed by atoms with Crippen LogP contribution in [0.5, 0.6) is 0 Å². The van der Waals surface area contributed by atoms with Crippen molar-refractivity contribution in [3.05, 3.63) is 24.3 Å². The summed E-state index contributed by atoms with van der Waals surface area (Å²) in [5.41, 5.74) is -0.330. The zero-order valence-corrected chi connectivity index (χ0v) is 12.5. The number of rotatable bonds is 2. The molecule has 108 valence electrons. The molecule has 0 aromatic carbocycles. The maximum absolute atomic E-state index is 4.87. The second-order valence-corrected chi connectivity index (χ2v) is 6.84. The van der Waals surface area contributed by atoms with Gasteiger partial charge in [0.15, 0.2) is 11.3 Å². The maximum atomic E-state index is 4.87. The molecule has 4 heterocycles. The van der Waals surface area contributed by atoms with Gasteiger partial charge in [0, 0.05) is 12.1 Å². The molecular formula is C16H24N4. The van der Waals surface area contributed by atoms with E-state index >= 15 is 0 Å². The van der Waals surface area contributed by atoms with Gasteiger partial charge in [0.05, 0.1) is 0 Å². The highest BCUT2D eigenvalue weighted by Gasteiger charge is 2.48. The average Bonchev–Trinajstić information content (AvgIpc) is 2.77. The van der Waals surface area contributed by atoms with Crippen LogP contribution in [-0.4, -0.2) is 47.3 Å². The van der Waals surface area contributed by atoms with E-state index in [4.69, 9.17) is 10.2 Å². The fraction of sp³-hybridized carbons (Fsp3) is 0.750. The highest BCUT2D eigenvalue weighted by Crippen LogP contribution is 2.44. The quantitative estimate of drug-likeness (QED) is 0.571. The molecule has 0 amide bonds. The third-order valence-corrected chi connectivity index (χ3v) is 5.99. The Kier molecular flexibility index (Phi) is 2.70. The van der Waals surface area contributed by atoms with Crippen LogP contribution in [0.4, 0.5) is 0 Å². The second-order valence-electron chi connectivity index (χ2n) is 6.84. The molecule has 0 aliphatic carbocycles. The highest BCUT2D eigenvalue weighted by molar-refractivity contribution is 5.19. The smallest absolute Gasteiger partial charge is 0.152 e. The number of likely N-dealkylation sites (N-methyl/N-ethyl adjacent to an activating group) is 2. The molecule has 4 nitrogen and oxygen atoms in total. The Hall–Kier alpha value is -1.00. The van der Waals surface area contributed by atoms with Gasteiger partial charge >= 0.3 is 0 Å². The summed E-state index contributed by atoms with van der Waals surface area (Å²) in [4.78, 5) is 4.85. The molecule has 0 aromatic rings. The summed E-state index contributed by atoms with van der Waals surface area (Å²) in [6, 6.07) is 1.32. The second kappa shape index (κ2) is 4.25. The largest absolute Gasteiger partial charge is 0.274 e. The Labute approximate surface area is 121 Å². The van der Waals surface area contributed by atoms with Gasteiger partial charge in [-0.25, -0.2) is 0 Å². The van der Waals surface area contributed by atoms with Crippen LogP contribution in [0.25, 0.3) is 0 Å². The van der Waals surface area contributed by atoms with Gasteiger partial charge in [-0.1, -0.05) is 12.2 Å². The van der Waals surface area contributed by atoms with E-state index in [1.54, 1.807) is 0 Å². The molecule has 4 aliphatic heterocycles. The molecule has 0 spiro atoms. The molecule has 2 fully saturated rings. The summed E-state index contributed by atoms with van der Waals surface area (Å²) >= 11 is 0. The summed E-state index contributed by atoms with van der Waals surface area (Å²) in [5.74, 6) is 0. The average molecular weight is 272 g/mol. The molecule has 4 aliphatic rings. The fourth-order valence-electron chi connectivity index (χ4n) is 4.39. The lowest BCUT2D eigenvalue weighted by Crippen LogP contribution is -2.46. The number of hydrogen-bond donors (Lipinski definition) is 0. The van der Waals surface area contributed by atoms with E-state index in [1.165, 1.54) is 25.7 Å². The van der Waals surface area contributed by atoms with E-state index in [0.29, 0.717) is 12.1 Å². The van der Waals surface area contributed by atoms with Crippen LogP contribution in [0.2, 0.25) is 0 Å². The van der Waals surface area contributed by atoms with Crippen molar-refractivity contribution in [2.75, 3.05) is 14.1 Å². The first-order valence-corrected chi connectivity index (χ1v) is 7.91. The van der Waals surface area contributed by atoms with Crippen LogP contribution < -0.4 is 0 Å². The zero-order chi connectivity index (χ0) is 13.8. The van der Waals surface area contributed by atoms with Crippen molar-refractivity contribution in [1.29, 1.82) is 0 Å². The van der Waals surface area contributed by atoms with Crippen LogP contribution in [0, 0.1) is 0 Å². The van der Waals surface area contributed by atoms with Crippen molar-refractivity contribution in [1.82, 2.24) is 9.80 Å². The van der Waals surface area contributed by atoms with Gasteiger partial charge in [0.2, 0.25) is 0 Å². The van der Waals surface area contributed by atoms with Crippen LogP contribution in [0.15, 0.2) is 34.5 Å². The Morgan fingerprint density at radius 3 is 1.75 bits per heavy atom. The lowest BCUT2D eigenvalue weighted by Gasteiger charge is -2.38. The number of hydrogen-bond acceptors (Lipinski definition) is 4. The van der Waals surface area contributed by atoms with Crippen LogP contribution in [0.3, 0.4) is 0 Å². The molecule has 0 aromatic heterocycles. The molecule has 0 N–H and O–H groups in total. The van der Waals surface area contributed by atoms with Crippen LogP contribution >= 0.6 is 0 Å². The molecule has 4 bridgehead atoms. The first-order valence-electron chi connectivity index (χ1n) is 7.91. The van der Waals surface area contributed by atoms with Gasteiger partial charge in [-0.15, -0.1) is 0 Å². The summed E-state index contributed by atoms with van der Waals surface area (Å²) in [6.07, 6.45) is 16.2. The highest BCUT2D eigenvalue weighted by atomic mass is 15.4. The van der Waals surface area contributed by atoms with Crippen molar-refractivity contribution in [3.8, 4) is 0 Å². The van der Waals surface area contributed by atoms with Crippen molar-refractivity contribution in [2.24, 2.45) is 10.2 Å². The predicted octanol–water partition coefficient (Wildman–Crippen LogP) is 2.94. The number of nitrogens with zero attached hydrogens (tertiary/aromatic N) is 4. The van der Waals surface area contributed by atoms with Crippen LogP contribution in [-0.2, 0) is 0 Å². The molecule has 4 atom stereocenters. The van der Waals surface area contributed by atoms with Gasteiger partial charge in [-0.3, -0.25) is 9.80 Å². The monoisotopic (exact) mass is 272 g/mol. The van der Waals surface area contributed by atoms with Gasteiger partial charge < -0.3 is 0 Å². The SMILES string of the molecule is CN1[C@@H]2CC=C[C@@]1(N=N[C@]13C=CC[C@H](CC1)N3C)CC2. The Morgan fingerprint density at radius 1 is 0.850 bits per heavy atom. The normalized spacial score (nSPS) is 47.7. The minimum atomic E-state index is -0.165. The van der Waals surface area contributed by atoms with E-state index in [1.807, 2.05) is 0 Å². The predicted molar refractivity (Wildman–Crippen MR) is 79.4 cm³/mol. The molecule has 0 unspecified atom stereocenters. The van der Waals surface area contributed by atoms with Crippen molar-refractivity contribution in [2.45, 2.75) is 61.9 Å². The molecule has 20 heavy (non-hydrogen) atoms. The summed E-state index contributed by atoms with van der Waals surface area (Å²) in [7, 11) is 4.41. The molecule has 0 radical (unpaired) electrons. The van der Waals surface area contributed by atoms with E-state index in [-0.39, 0.29) is 11.3 Å². The Morgan fingerprint density at radius 2 is 1.30 bits per heavy atom. The van der Waals surface area contributed by atoms with Crippen molar-refractivity contribution < 1.29 is 0 Å². The molecule has 2 saturated heterocycles. The van der Waals surface area contributed by atoms with E-state index in [0.717, 1.165) is 12.8 Å². The lowest BCUT2D eigenvalue weighted by atomic mass is 10.1. The first-order chi connectivity index (χ1) is 9.65.